The molecule has 104 valence electrons. The number of rotatable bonds is 4. The van der Waals surface area contributed by atoms with Crippen molar-refractivity contribution in [2.45, 2.75) is 19.3 Å². The van der Waals surface area contributed by atoms with Crippen LogP contribution >= 0.6 is 0 Å². The summed E-state index contributed by atoms with van der Waals surface area (Å²) in [5.74, 6) is 0.557. The van der Waals surface area contributed by atoms with E-state index in [0.29, 0.717) is 12.0 Å². The summed E-state index contributed by atoms with van der Waals surface area (Å²) in [6, 6.07) is 4.06. The summed E-state index contributed by atoms with van der Waals surface area (Å²) in [5.41, 5.74) is 7.49. The van der Waals surface area contributed by atoms with Gasteiger partial charge in [-0.1, -0.05) is 6.07 Å². The maximum atomic E-state index is 11.2. The van der Waals surface area contributed by atoms with Crippen molar-refractivity contribution in [3.63, 3.8) is 0 Å². The van der Waals surface area contributed by atoms with Crippen LogP contribution in [0.1, 0.15) is 34.5 Å². The van der Waals surface area contributed by atoms with Crippen LogP contribution in [0.2, 0.25) is 0 Å². The summed E-state index contributed by atoms with van der Waals surface area (Å²) in [6.07, 6.45) is 6.35. The van der Waals surface area contributed by atoms with Gasteiger partial charge in [-0.25, -0.2) is 4.98 Å². The van der Waals surface area contributed by atoms with E-state index in [9.17, 15) is 4.79 Å². The van der Waals surface area contributed by atoms with Crippen LogP contribution in [0.25, 0.3) is 0 Å². The molecule has 0 bridgehead atoms. The minimum Gasteiger partial charge on any atom is -0.365 e. The minimum atomic E-state index is -0.463. The number of aromatic nitrogens is 3. The molecule has 1 amide bonds. The lowest BCUT2D eigenvalue weighted by atomic mass is 10.1. The number of aromatic amines is 1. The SMILES string of the molecule is NC(=O)c1cn[nH]c1Cc1ccc(N2CCCC2)nc1. The number of carbonyl (C=O) groups excluding carboxylic acids is 1. The van der Waals surface area contributed by atoms with E-state index in [2.05, 4.69) is 20.1 Å². The van der Waals surface area contributed by atoms with Gasteiger partial charge >= 0.3 is 0 Å². The van der Waals surface area contributed by atoms with Gasteiger partial charge in [-0.2, -0.15) is 5.10 Å². The summed E-state index contributed by atoms with van der Waals surface area (Å²) >= 11 is 0. The Kier molecular flexibility index (Phi) is 3.37. The number of primary amides is 1. The highest BCUT2D eigenvalue weighted by Gasteiger charge is 2.14. The number of hydrogen-bond acceptors (Lipinski definition) is 4. The van der Waals surface area contributed by atoms with Crippen molar-refractivity contribution in [2.24, 2.45) is 5.73 Å². The van der Waals surface area contributed by atoms with Crippen LogP contribution in [0.4, 0.5) is 5.82 Å². The molecule has 3 N–H and O–H groups in total. The predicted molar refractivity (Wildman–Crippen MR) is 75.6 cm³/mol. The molecular formula is C14H17N5O. The first-order chi connectivity index (χ1) is 9.74. The monoisotopic (exact) mass is 271 g/mol. The van der Waals surface area contributed by atoms with Crippen molar-refractivity contribution in [2.75, 3.05) is 18.0 Å². The normalized spacial score (nSPS) is 14.7. The Morgan fingerprint density at radius 3 is 2.75 bits per heavy atom. The molecule has 0 saturated carbocycles. The first-order valence-electron chi connectivity index (χ1n) is 6.76. The Labute approximate surface area is 117 Å². The average molecular weight is 271 g/mol. The summed E-state index contributed by atoms with van der Waals surface area (Å²) < 4.78 is 0. The van der Waals surface area contributed by atoms with Gasteiger partial charge in [0.05, 0.1) is 17.5 Å². The number of carbonyl (C=O) groups is 1. The van der Waals surface area contributed by atoms with Crippen molar-refractivity contribution in [3.8, 4) is 0 Å². The smallest absolute Gasteiger partial charge is 0.252 e. The number of hydrogen-bond donors (Lipinski definition) is 2. The van der Waals surface area contributed by atoms with Crippen LogP contribution in [-0.4, -0.2) is 34.2 Å². The van der Waals surface area contributed by atoms with E-state index in [-0.39, 0.29) is 0 Å². The lowest BCUT2D eigenvalue weighted by molar-refractivity contribution is 0.0999. The van der Waals surface area contributed by atoms with Gasteiger partial charge in [0, 0.05) is 25.7 Å². The molecular weight excluding hydrogens is 254 g/mol. The Morgan fingerprint density at radius 1 is 1.30 bits per heavy atom. The van der Waals surface area contributed by atoms with E-state index in [1.54, 1.807) is 0 Å². The van der Waals surface area contributed by atoms with Crippen molar-refractivity contribution in [1.29, 1.82) is 0 Å². The van der Waals surface area contributed by atoms with E-state index in [0.717, 1.165) is 30.2 Å². The molecule has 1 fully saturated rings. The molecule has 1 aliphatic rings. The predicted octanol–water partition coefficient (Wildman–Crippen LogP) is 1.09. The number of nitrogens with zero attached hydrogens (tertiary/aromatic N) is 3. The molecule has 6 nitrogen and oxygen atoms in total. The molecule has 0 radical (unpaired) electrons. The van der Waals surface area contributed by atoms with Gasteiger partial charge in [0.1, 0.15) is 5.82 Å². The second-order valence-electron chi connectivity index (χ2n) is 5.02. The highest BCUT2D eigenvalue weighted by atomic mass is 16.1. The molecule has 0 atom stereocenters. The van der Waals surface area contributed by atoms with E-state index in [1.807, 2.05) is 18.3 Å². The molecule has 3 rings (SSSR count). The lowest BCUT2D eigenvalue weighted by Gasteiger charge is -2.16. The van der Waals surface area contributed by atoms with Crippen LogP contribution in [0.5, 0.6) is 0 Å². The quantitative estimate of drug-likeness (QED) is 0.871. The van der Waals surface area contributed by atoms with E-state index >= 15 is 0 Å². The van der Waals surface area contributed by atoms with Crippen molar-refractivity contribution >= 4 is 11.7 Å². The van der Waals surface area contributed by atoms with Crippen LogP contribution in [0, 0.1) is 0 Å². The zero-order valence-electron chi connectivity index (χ0n) is 11.2. The number of nitrogens with one attached hydrogen (secondary N) is 1. The molecule has 0 aliphatic carbocycles. The third-order valence-corrected chi connectivity index (χ3v) is 3.60. The second kappa shape index (κ2) is 5.32. The van der Waals surface area contributed by atoms with Crippen LogP contribution in [-0.2, 0) is 6.42 Å². The number of anilines is 1. The fraction of sp³-hybridized carbons (Fsp3) is 0.357. The van der Waals surface area contributed by atoms with Crippen LogP contribution in [0.3, 0.4) is 0 Å². The Bertz CT molecular complexity index is 598. The molecule has 3 heterocycles. The largest absolute Gasteiger partial charge is 0.365 e. The summed E-state index contributed by atoms with van der Waals surface area (Å²) in [6.45, 7) is 2.16. The third-order valence-electron chi connectivity index (χ3n) is 3.60. The Hall–Kier alpha value is -2.37. The molecule has 20 heavy (non-hydrogen) atoms. The number of amides is 1. The average Bonchev–Trinajstić information content (AvgIpc) is 3.10. The topological polar surface area (TPSA) is 87.9 Å². The fourth-order valence-electron chi connectivity index (χ4n) is 2.52. The Morgan fingerprint density at radius 2 is 2.10 bits per heavy atom. The van der Waals surface area contributed by atoms with Crippen molar-refractivity contribution in [1.82, 2.24) is 15.2 Å². The maximum Gasteiger partial charge on any atom is 0.252 e. The summed E-state index contributed by atoms with van der Waals surface area (Å²) in [5, 5.41) is 6.68. The highest BCUT2D eigenvalue weighted by molar-refractivity contribution is 5.93. The highest BCUT2D eigenvalue weighted by Crippen LogP contribution is 2.18. The minimum absolute atomic E-state index is 0.439. The zero-order chi connectivity index (χ0) is 13.9. The van der Waals surface area contributed by atoms with Crippen LogP contribution < -0.4 is 10.6 Å². The van der Waals surface area contributed by atoms with Gasteiger partial charge in [0.25, 0.3) is 5.91 Å². The fourth-order valence-corrected chi connectivity index (χ4v) is 2.52. The summed E-state index contributed by atoms with van der Waals surface area (Å²) in [4.78, 5) is 18.0. The molecule has 0 spiro atoms. The molecule has 2 aromatic rings. The summed E-state index contributed by atoms with van der Waals surface area (Å²) in [7, 11) is 0. The van der Waals surface area contributed by atoms with Gasteiger partial charge in [0.15, 0.2) is 0 Å². The number of nitrogens with two attached hydrogens (primary N) is 1. The number of H-pyrrole nitrogens is 1. The number of pyridine rings is 1. The standard InChI is InChI=1S/C14H17N5O/c15-14(20)11-9-17-18-12(11)7-10-3-4-13(16-8-10)19-5-1-2-6-19/h3-4,8-9H,1-2,5-7H2,(H2,15,20)(H,17,18). The third kappa shape index (κ3) is 2.49. The van der Waals surface area contributed by atoms with Gasteiger partial charge < -0.3 is 10.6 Å². The molecule has 6 heteroatoms. The van der Waals surface area contributed by atoms with E-state index in [1.165, 1.54) is 19.0 Å². The lowest BCUT2D eigenvalue weighted by Crippen LogP contribution is -2.18. The zero-order valence-corrected chi connectivity index (χ0v) is 11.2. The first kappa shape index (κ1) is 12.7. The van der Waals surface area contributed by atoms with Crippen LogP contribution in [0.15, 0.2) is 24.5 Å². The Balaban J connectivity index is 1.74. The molecule has 0 unspecified atom stereocenters. The molecule has 2 aromatic heterocycles. The van der Waals surface area contributed by atoms with Gasteiger partial charge in [-0.05, 0) is 24.5 Å². The van der Waals surface area contributed by atoms with Gasteiger partial charge in [-0.3, -0.25) is 9.89 Å². The van der Waals surface area contributed by atoms with Crippen molar-refractivity contribution in [3.05, 3.63) is 41.3 Å². The maximum absolute atomic E-state index is 11.2. The van der Waals surface area contributed by atoms with E-state index in [4.69, 9.17) is 5.73 Å². The van der Waals surface area contributed by atoms with Gasteiger partial charge in [0.2, 0.25) is 0 Å². The first-order valence-corrected chi connectivity index (χ1v) is 6.76. The molecule has 0 aromatic carbocycles. The van der Waals surface area contributed by atoms with E-state index < -0.39 is 5.91 Å². The molecule has 1 aliphatic heterocycles. The molecule has 1 saturated heterocycles. The second-order valence-corrected chi connectivity index (χ2v) is 5.02. The van der Waals surface area contributed by atoms with Gasteiger partial charge in [-0.15, -0.1) is 0 Å². The van der Waals surface area contributed by atoms with Crippen molar-refractivity contribution < 1.29 is 4.79 Å².